The van der Waals surface area contributed by atoms with E-state index in [2.05, 4.69) is 15.0 Å². The number of nitrogens with one attached hydrogen (secondary N) is 1. The van der Waals surface area contributed by atoms with Crippen LogP contribution in [0.3, 0.4) is 0 Å². The molecule has 0 unspecified atom stereocenters. The summed E-state index contributed by atoms with van der Waals surface area (Å²) in [7, 11) is 0. The second-order valence-corrected chi connectivity index (χ2v) is 6.54. The number of carbonyl (C=O) groups excluding carboxylic acids is 1. The van der Waals surface area contributed by atoms with Gasteiger partial charge in [0, 0.05) is 24.9 Å². The smallest absolute Gasteiger partial charge is 0.290 e. The molecule has 0 fully saturated rings. The van der Waals surface area contributed by atoms with Gasteiger partial charge in [0.1, 0.15) is 11.7 Å². The molecule has 4 rings (SSSR count). The van der Waals surface area contributed by atoms with Crippen molar-refractivity contribution in [1.82, 2.24) is 19.9 Å². The van der Waals surface area contributed by atoms with Crippen molar-refractivity contribution in [2.75, 3.05) is 6.54 Å². The lowest BCUT2D eigenvalue weighted by Crippen LogP contribution is -2.44. The minimum atomic E-state index is -1.22. The van der Waals surface area contributed by atoms with Crippen LogP contribution in [0.15, 0.2) is 36.5 Å². The number of amides is 1. The van der Waals surface area contributed by atoms with Gasteiger partial charge in [-0.05, 0) is 30.7 Å². The number of H-pyrrole nitrogens is 1. The second kappa shape index (κ2) is 6.11. The summed E-state index contributed by atoms with van der Waals surface area (Å²) in [6.45, 7) is 1.86. The molecule has 1 amide bonds. The van der Waals surface area contributed by atoms with Gasteiger partial charge in [-0.25, -0.2) is 9.37 Å². The Hall–Kier alpha value is -2.47. The summed E-state index contributed by atoms with van der Waals surface area (Å²) in [6, 6.07) is 8.23. The number of imidazole rings is 1. The van der Waals surface area contributed by atoms with Crippen molar-refractivity contribution in [3.05, 3.63) is 58.6 Å². The van der Waals surface area contributed by atoms with Crippen LogP contribution in [0.5, 0.6) is 0 Å². The van der Waals surface area contributed by atoms with E-state index in [1.807, 2.05) is 6.07 Å². The van der Waals surface area contributed by atoms with Crippen molar-refractivity contribution in [2.24, 2.45) is 0 Å². The highest BCUT2D eigenvalue weighted by molar-refractivity contribution is 6.35. The number of pyridine rings is 1. The van der Waals surface area contributed by atoms with Gasteiger partial charge in [-0.2, -0.15) is 0 Å². The first-order valence-corrected chi connectivity index (χ1v) is 8.47. The molecule has 0 radical (unpaired) electrons. The van der Waals surface area contributed by atoms with Gasteiger partial charge in [0.2, 0.25) is 0 Å². The number of benzene rings is 1. The van der Waals surface area contributed by atoms with Crippen molar-refractivity contribution in [2.45, 2.75) is 25.6 Å². The Morgan fingerprint density at radius 1 is 1.40 bits per heavy atom. The predicted molar refractivity (Wildman–Crippen MR) is 93.4 cm³/mol. The number of rotatable bonds is 2. The Balaban J connectivity index is 1.74. The van der Waals surface area contributed by atoms with Gasteiger partial charge >= 0.3 is 0 Å². The van der Waals surface area contributed by atoms with Crippen molar-refractivity contribution < 1.29 is 9.18 Å². The summed E-state index contributed by atoms with van der Waals surface area (Å²) in [5, 5.41) is 0.469. The van der Waals surface area contributed by atoms with E-state index in [4.69, 9.17) is 11.6 Å². The summed E-state index contributed by atoms with van der Waals surface area (Å²) in [4.78, 5) is 26.2. The molecule has 1 aliphatic rings. The van der Waals surface area contributed by atoms with Crippen LogP contribution >= 0.6 is 11.6 Å². The van der Waals surface area contributed by atoms with Crippen molar-refractivity contribution in [3.8, 4) is 0 Å². The highest BCUT2D eigenvalue weighted by atomic mass is 35.5. The normalized spacial score (nSPS) is 18.2. The van der Waals surface area contributed by atoms with Crippen LogP contribution in [-0.4, -0.2) is 38.5 Å². The molecule has 0 bridgehead atoms. The maximum atomic E-state index is 14.4. The van der Waals surface area contributed by atoms with Gasteiger partial charge < -0.3 is 9.88 Å². The number of nitrogens with zero attached hydrogens (tertiary/aromatic N) is 3. The van der Waals surface area contributed by atoms with Crippen LogP contribution in [0, 0.1) is 0 Å². The summed E-state index contributed by atoms with van der Waals surface area (Å²) >= 11 is 6.13. The SMILES string of the molecule is C[C@@H](F)[C@H]1c2cccnc2CCN1C(=O)c1nc2c(Cl)cccc2[nH]1. The Morgan fingerprint density at radius 3 is 3.00 bits per heavy atom. The predicted octanol–water partition coefficient (Wildman–Crippen LogP) is 3.71. The molecule has 0 aliphatic carbocycles. The van der Waals surface area contributed by atoms with Gasteiger partial charge in [-0.3, -0.25) is 9.78 Å². The molecule has 1 aromatic carbocycles. The fourth-order valence-corrected chi connectivity index (χ4v) is 3.64. The molecule has 5 nitrogen and oxygen atoms in total. The molecular formula is C18H16ClFN4O. The molecule has 7 heteroatoms. The lowest BCUT2D eigenvalue weighted by Gasteiger charge is -2.37. The largest absolute Gasteiger partial charge is 0.334 e. The zero-order valence-electron chi connectivity index (χ0n) is 13.5. The highest BCUT2D eigenvalue weighted by Gasteiger charge is 2.36. The third-order valence-electron chi connectivity index (χ3n) is 4.53. The van der Waals surface area contributed by atoms with Gasteiger partial charge in [0.15, 0.2) is 5.82 Å². The molecule has 2 atom stereocenters. The first-order valence-electron chi connectivity index (χ1n) is 8.09. The monoisotopic (exact) mass is 358 g/mol. The van der Waals surface area contributed by atoms with E-state index in [0.717, 1.165) is 11.3 Å². The first-order chi connectivity index (χ1) is 12.1. The number of fused-ring (bicyclic) bond motifs is 2. The number of aromatic nitrogens is 3. The zero-order valence-corrected chi connectivity index (χ0v) is 14.3. The molecule has 3 heterocycles. The Kier molecular flexibility index (Phi) is 3.92. The topological polar surface area (TPSA) is 61.9 Å². The van der Waals surface area contributed by atoms with E-state index in [1.165, 1.54) is 11.8 Å². The second-order valence-electron chi connectivity index (χ2n) is 6.13. The number of para-hydroxylation sites is 1. The molecular weight excluding hydrogens is 343 g/mol. The van der Waals surface area contributed by atoms with E-state index in [9.17, 15) is 9.18 Å². The third-order valence-corrected chi connectivity index (χ3v) is 4.84. The molecule has 2 aromatic heterocycles. The average molecular weight is 359 g/mol. The Labute approximate surface area is 148 Å². The van der Waals surface area contributed by atoms with Gasteiger partial charge in [-0.1, -0.05) is 23.7 Å². The van der Waals surface area contributed by atoms with E-state index in [0.29, 0.717) is 29.0 Å². The maximum Gasteiger partial charge on any atom is 0.290 e. The number of carbonyl (C=O) groups is 1. The standard InChI is InChI=1S/C18H16ClFN4O/c1-10(20)16-11-4-3-8-21-13(11)7-9-24(16)18(25)17-22-14-6-2-5-12(19)15(14)23-17/h2-6,8,10,16H,7,9H2,1H3,(H,22,23)/t10-,16+/m1/s1. The quantitative estimate of drug-likeness (QED) is 0.759. The molecule has 1 aliphatic heterocycles. The number of aromatic amines is 1. The Bertz CT molecular complexity index is 955. The molecule has 1 N–H and O–H groups in total. The molecule has 0 spiro atoms. The van der Waals surface area contributed by atoms with Crippen LogP contribution < -0.4 is 0 Å². The van der Waals surface area contributed by atoms with E-state index in [-0.39, 0.29) is 11.7 Å². The summed E-state index contributed by atoms with van der Waals surface area (Å²) in [5.74, 6) is -0.169. The van der Waals surface area contributed by atoms with Crippen LogP contribution in [-0.2, 0) is 6.42 Å². The van der Waals surface area contributed by atoms with Crippen molar-refractivity contribution >= 4 is 28.5 Å². The average Bonchev–Trinajstić information content (AvgIpc) is 3.05. The number of hydrogen-bond acceptors (Lipinski definition) is 3. The zero-order chi connectivity index (χ0) is 17.6. The van der Waals surface area contributed by atoms with E-state index < -0.39 is 12.2 Å². The molecule has 128 valence electrons. The lowest BCUT2D eigenvalue weighted by atomic mass is 9.94. The molecule has 25 heavy (non-hydrogen) atoms. The fourth-order valence-electron chi connectivity index (χ4n) is 3.42. The van der Waals surface area contributed by atoms with Crippen molar-refractivity contribution in [1.29, 1.82) is 0 Å². The minimum absolute atomic E-state index is 0.168. The van der Waals surface area contributed by atoms with Crippen LogP contribution in [0.1, 0.15) is 34.8 Å². The van der Waals surface area contributed by atoms with Gasteiger partial charge in [0.25, 0.3) is 5.91 Å². The third kappa shape index (κ3) is 2.66. The van der Waals surface area contributed by atoms with Gasteiger partial charge in [0.05, 0.1) is 16.6 Å². The van der Waals surface area contributed by atoms with Crippen LogP contribution in [0.4, 0.5) is 4.39 Å². The molecule has 0 saturated carbocycles. The Morgan fingerprint density at radius 2 is 2.24 bits per heavy atom. The number of alkyl halides is 1. The maximum absolute atomic E-state index is 14.4. The van der Waals surface area contributed by atoms with Crippen LogP contribution in [0.2, 0.25) is 5.02 Å². The summed E-state index contributed by atoms with van der Waals surface area (Å²) in [6.07, 6.45) is 1.06. The summed E-state index contributed by atoms with van der Waals surface area (Å²) in [5.41, 5.74) is 2.82. The van der Waals surface area contributed by atoms with Crippen molar-refractivity contribution in [3.63, 3.8) is 0 Å². The fraction of sp³-hybridized carbons (Fsp3) is 0.278. The number of halogens is 2. The number of hydrogen-bond donors (Lipinski definition) is 1. The first kappa shape index (κ1) is 16.0. The van der Waals surface area contributed by atoms with Gasteiger partial charge in [-0.15, -0.1) is 0 Å². The van der Waals surface area contributed by atoms with Crippen LogP contribution in [0.25, 0.3) is 11.0 Å². The van der Waals surface area contributed by atoms with E-state index in [1.54, 1.807) is 30.5 Å². The lowest BCUT2D eigenvalue weighted by molar-refractivity contribution is 0.0534. The molecule has 3 aromatic rings. The van der Waals surface area contributed by atoms with E-state index >= 15 is 0 Å². The summed E-state index contributed by atoms with van der Waals surface area (Å²) < 4.78 is 14.4. The highest BCUT2D eigenvalue weighted by Crippen LogP contribution is 2.33. The molecule has 0 saturated heterocycles. The minimum Gasteiger partial charge on any atom is -0.334 e.